The summed E-state index contributed by atoms with van der Waals surface area (Å²) in [6.07, 6.45) is 5.51. The number of piperidine rings is 1. The lowest BCUT2D eigenvalue weighted by atomic mass is 10.0. The molecule has 1 aliphatic heterocycles. The van der Waals surface area contributed by atoms with E-state index in [0.29, 0.717) is 0 Å². The maximum atomic E-state index is 12.2. The first-order valence-corrected chi connectivity index (χ1v) is 8.67. The highest BCUT2D eigenvalue weighted by molar-refractivity contribution is 5.92. The Labute approximate surface area is 149 Å². The molecule has 2 aromatic carbocycles. The van der Waals surface area contributed by atoms with Crippen molar-refractivity contribution in [2.45, 2.75) is 18.9 Å². The molecule has 1 atom stereocenters. The van der Waals surface area contributed by atoms with Crippen LogP contribution in [0, 0.1) is 0 Å². The second-order valence-corrected chi connectivity index (χ2v) is 6.24. The van der Waals surface area contributed by atoms with Gasteiger partial charge in [-0.2, -0.15) is 0 Å². The molecule has 130 valence electrons. The van der Waals surface area contributed by atoms with Crippen LogP contribution in [0.15, 0.2) is 60.7 Å². The molecule has 4 nitrogen and oxygen atoms in total. The van der Waals surface area contributed by atoms with Crippen molar-refractivity contribution in [1.82, 2.24) is 5.32 Å². The Morgan fingerprint density at radius 3 is 2.84 bits per heavy atom. The van der Waals surface area contributed by atoms with E-state index in [-0.39, 0.29) is 11.9 Å². The van der Waals surface area contributed by atoms with Crippen LogP contribution in [0.3, 0.4) is 0 Å². The number of para-hydroxylation sites is 1. The fourth-order valence-electron chi connectivity index (χ4n) is 3.13. The molecule has 1 saturated heterocycles. The fraction of sp³-hybridized carbons (Fsp3) is 0.286. The minimum Gasteiger partial charge on any atom is -0.497 e. The highest BCUT2D eigenvalue weighted by Gasteiger charge is 2.20. The van der Waals surface area contributed by atoms with Gasteiger partial charge in [-0.25, -0.2) is 0 Å². The second kappa shape index (κ2) is 8.38. The van der Waals surface area contributed by atoms with Gasteiger partial charge in [0.1, 0.15) is 5.75 Å². The van der Waals surface area contributed by atoms with E-state index in [4.69, 9.17) is 4.74 Å². The number of ether oxygens (including phenoxy) is 1. The highest BCUT2D eigenvalue weighted by Crippen LogP contribution is 2.19. The Balaban J connectivity index is 1.56. The average Bonchev–Trinajstić information content (AvgIpc) is 2.67. The number of nitrogens with zero attached hydrogens (tertiary/aromatic N) is 1. The Morgan fingerprint density at radius 2 is 2.04 bits per heavy atom. The highest BCUT2D eigenvalue weighted by atomic mass is 16.5. The summed E-state index contributed by atoms with van der Waals surface area (Å²) in [5, 5.41) is 3.12. The number of carbonyl (C=O) groups is 1. The Hall–Kier alpha value is -2.75. The lowest BCUT2D eigenvalue weighted by molar-refractivity contribution is -0.117. The minimum atomic E-state index is -0.0530. The first-order valence-electron chi connectivity index (χ1n) is 8.67. The van der Waals surface area contributed by atoms with Crippen molar-refractivity contribution in [3.63, 3.8) is 0 Å². The first-order chi connectivity index (χ1) is 12.2. The van der Waals surface area contributed by atoms with Crippen LogP contribution in [-0.4, -0.2) is 32.1 Å². The molecule has 4 heteroatoms. The van der Waals surface area contributed by atoms with E-state index >= 15 is 0 Å². The molecule has 1 fully saturated rings. The van der Waals surface area contributed by atoms with Crippen molar-refractivity contribution in [3.05, 3.63) is 66.2 Å². The molecule has 0 radical (unpaired) electrons. The molecule has 25 heavy (non-hydrogen) atoms. The summed E-state index contributed by atoms with van der Waals surface area (Å²) in [5.41, 5.74) is 2.16. The van der Waals surface area contributed by atoms with Crippen LogP contribution in [0.5, 0.6) is 5.75 Å². The van der Waals surface area contributed by atoms with Crippen LogP contribution in [0.2, 0.25) is 0 Å². The summed E-state index contributed by atoms with van der Waals surface area (Å²) >= 11 is 0. The summed E-state index contributed by atoms with van der Waals surface area (Å²) in [7, 11) is 1.64. The van der Waals surface area contributed by atoms with E-state index in [9.17, 15) is 4.79 Å². The number of rotatable bonds is 5. The summed E-state index contributed by atoms with van der Waals surface area (Å²) in [5.74, 6) is 0.732. The molecule has 2 aromatic rings. The van der Waals surface area contributed by atoms with E-state index in [2.05, 4.69) is 22.3 Å². The van der Waals surface area contributed by atoms with Gasteiger partial charge >= 0.3 is 0 Å². The molecule has 1 aliphatic rings. The van der Waals surface area contributed by atoms with Crippen LogP contribution < -0.4 is 15.0 Å². The molecule has 0 saturated carbocycles. The molecule has 1 amide bonds. The number of benzene rings is 2. The summed E-state index contributed by atoms with van der Waals surface area (Å²) in [6, 6.07) is 18.2. The number of amides is 1. The third kappa shape index (κ3) is 4.86. The molecule has 0 spiro atoms. The van der Waals surface area contributed by atoms with Crippen LogP contribution in [0.1, 0.15) is 18.4 Å². The Kier molecular flexibility index (Phi) is 5.73. The maximum absolute atomic E-state index is 12.2. The number of hydrogen-bond acceptors (Lipinski definition) is 3. The molecule has 3 rings (SSSR count). The molecular weight excluding hydrogens is 312 g/mol. The van der Waals surface area contributed by atoms with Crippen LogP contribution in [0.4, 0.5) is 5.69 Å². The van der Waals surface area contributed by atoms with E-state index in [1.165, 1.54) is 5.69 Å². The van der Waals surface area contributed by atoms with Gasteiger partial charge in [-0.15, -0.1) is 0 Å². The number of hydrogen-bond donors (Lipinski definition) is 1. The van der Waals surface area contributed by atoms with Crippen molar-refractivity contribution >= 4 is 17.7 Å². The number of methoxy groups -OCH3 is 1. The lowest BCUT2D eigenvalue weighted by Gasteiger charge is -2.34. The lowest BCUT2D eigenvalue weighted by Crippen LogP contribution is -2.47. The Bertz CT molecular complexity index is 728. The molecule has 1 heterocycles. The monoisotopic (exact) mass is 336 g/mol. The minimum absolute atomic E-state index is 0.0530. The summed E-state index contributed by atoms with van der Waals surface area (Å²) < 4.78 is 5.20. The van der Waals surface area contributed by atoms with Gasteiger partial charge in [0, 0.05) is 30.9 Å². The van der Waals surface area contributed by atoms with Gasteiger partial charge in [0.15, 0.2) is 0 Å². The average molecular weight is 336 g/mol. The van der Waals surface area contributed by atoms with Crippen molar-refractivity contribution in [3.8, 4) is 5.75 Å². The summed E-state index contributed by atoms with van der Waals surface area (Å²) in [6.45, 7) is 1.89. The predicted molar refractivity (Wildman–Crippen MR) is 102 cm³/mol. The molecule has 0 aliphatic carbocycles. The molecule has 1 unspecified atom stereocenters. The largest absolute Gasteiger partial charge is 0.497 e. The maximum Gasteiger partial charge on any atom is 0.244 e. The number of anilines is 1. The first kappa shape index (κ1) is 17.1. The molecule has 0 aromatic heterocycles. The van der Waals surface area contributed by atoms with Crippen molar-refractivity contribution in [2.75, 3.05) is 25.1 Å². The van der Waals surface area contributed by atoms with E-state index < -0.39 is 0 Å². The van der Waals surface area contributed by atoms with Gasteiger partial charge in [-0.05, 0) is 48.7 Å². The standard InChI is InChI=1S/C21H24N2O2/c1-25-20-11-5-7-17(15-20)12-13-21(24)22-18-8-6-14-23(16-18)19-9-3-2-4-10-19/h2-5,7,9-13,15,18H,6,8,14,16H2,1H3,(H,22,24)/b13-12+. The van der Waals surface area contributed by atoms with Crippen LogP contribution >= 0.6 is 0 Å². The molecular formula is C21H24N2O2. The van der Waals surface area contributed by atoms with E-state index in [1.54, 1.807) is 13.2 Å². The number of nitrogens with one attached hydrogen (secondary N) is 1. The third-order valence-electron chi connectivity index (χ3n) is 4.41. The number of carbonyl (C=O) groups excluding carboxylic acids is 1. The predicted octanol–water partition coefficient (Wildman–Crippen LogP) is 3.49. The van der Waals surface area contributed by atoms with Crippen molar-refractivity contribution in [2.24, 2.45) is 0 Å². The fourth-order valence-corrected chi connectivity index (χ4v) is 3.13. The van der Waals surface area contributed by atoms with E-state index in [0.717, 1.165) is 37.2 Å². The van der Waals surface area contributed by atoms with Gasteiger partial charge in [0.2, 0.25) is 5.91 Å². The molecule has 1 N–H and O–H groups in total. The van der Waals surface area contributed by atoms with Crippen LogP contribution in [0.25, 0.3) is 6.08 Å². The molecule has 0 bridgehead atoms. The van der Waals surface area contributed by atoms with Crippen molar-refractivity contribution in [1.29, 1.82) is 0 Å². The van der Waals surface area contributed by atoms with Gasteiger partial charge in [-0.3, -0.25) is 4.79 Å². The summed E-state index contributed by atoms with van der Waals surface area (Å²) in [4.78, 5) is 14.6. The second-order valence-electron chi connectivity index (χ2n) is 6.24. The quantitative estimate of drug-likeness (QED) is 0.850. The van der Waals surface area contributed by atoms with Gasteiger partial charge in [0.25, 0.3) is 0 Å². The van der Waals surface area contributed by atoms with Gasteiger partial charge in [0.05, 0.1) is 7.11 Å². The zero-order valence-electron chi connectivity index (χ0n) is 14.5. The topological polar surface area (TPSA) is 41.6 Å². The third-order valence-corrected chi connectivity index (χ3v) is 4.41. The van der Waals surface area contributed by atoms with Gasteiger partial charge in [-0.1, -0.05) is 30.3 Å². The normalized spacial score (nSPS) is 17.5. The smallest absolute Gasteiger partial charge is 0.244 e. The van der Waals surface area contributed by atoms with Gasteiger partial charge < -0.3 is 15.0 Å². The van der Waals surface area contributed by atoms with E-state index in [1.807, 2.05) is 48.5 Å². The van der Waals surface area contributed by atoms with Crippen molar-refractivity contribution < 1.29 is 9.53 Å². The Morgan fingerprint density at radius 1 is 1.20 bits per heavy atom. The zero-order valence-corrected chi connectivity index (χ0v) is 14.5. The van der Waals surface area contributed by atoms with Crippen LogP contribution in [-0.2, 0) is 4.79 Å². The SMILES string of the molecule is COc1cccc(/C=C/C(=O)NC2CCCN(c3ccccc3)C2)c1. The zero-order chi connectivity index (χ0) is 17.5.